The van der Waals surface area contributed by atoms with Crippen LogP contribution in [-0.2, 0) is 6.61 Å². The van der Waals surface area contributed by atoms with Crippen molar-refractivity contribution in [2.24, 2.45) is 0 Å². The summed E-state index contributed by atoms with van der Waals surface area (Å²) in [6.45, 7) is 0.396. The van der Waals surface area contributed by atoms with Gasteiger partial charge >= 0.3 is 0 Å². The van der Waals surface area contributed by atoms with E-state index in [1.165, 1.54) is 11.3 Å². The van der Waals surface area contributed by atoms with E-state index in [4.69, 9.17) is 21.1 Å². The first-order valence-corrected chi connectivity index (χ1v) is 8.81. The molecule has 0 bridgehead atoms. The van der Waals surface area contributed by atoms with Crippen molar-refractivity contribution in [2.75, 3.05) is 12.4 Å². The number of rotatable bonds is 6. The number of benzene rings is 2. The number of nitrogens with one attached hydrogen (secondary N) is 1. The molecule has 6 heteroatoms. The molecule has 0 aliphatic heterocycles. The van der Waals surface area contributed by atoms with E-state index in [0.29, 0.717) is 22.2 Å². The van der Waals surface area contributed by atoms with E-state index in [1.54, 1.807) is 31.4 Å². The molecular weight excluding hydrogens is 358 g/mol. The normalized spacial score (nSPS) is 10.3. The molecule has 0 aliphatic carbocycles. The SMILES string of the molecule is COc1ccc(OCc2csc(C(=O)Nc3cccc(Cl)c3)c2)cc1. The second-order valence-electron chi connectivity index (χ2n) is 5.25. The van der Waals surface area contributed by atoms with Gasteiger partial charge in [0.2, 0.25) is 0 Å². The Morgan fingerprint density at radius 2 is 1.88 bits per heavy atom. The molecule has 25 heavy (non-hydrogen) atoms. The molecule has 0 aliphatic rings. The van der Waals surface area contributed by atoms with E-state index in [0.717, 1.165) is 17.1 Å². The molecule has 0 radical (unpaired) electrons. The minimum atomic E-state index is -0.164. The van der Waals surface area contributed by atoms with Gasteiger partial charge in [-0.15, -0.1) is 11.3 Å². The quantitative estimate of drug-likeness (QED) is 0.642. The van der Waals surface area contributed by atoms with Crippen molar-refractivity contribution in [1.82, 2.24) is 0 Å². The van der Waals surface area contributed by atoms with Crippen molar-refractivity contribution in [3.8, 4) is 11.5 Å². The Morgan fingerprint density at radius 1 is 1.12 bits per heavy atom. The van der Waals surface area contributed by atoms with E-state index in [9.17, 15) is 4.79 Å². The minimum Gasteiger partial charge on any atom is -0.497 e. The van der Waals surface area contributed by atoms with Crippen LogP contribution in [0.5, 0.6) is 11.5 Å². The van der Waals surface area contributed by atoms with Crippen LogP contribution in [0, 0.1) is 0 Å². The number of hydrogen-bond donors (Lipinski definition) is 1. The van der Waals surface area contributed by atoms with E-state index in [1.807, 2.05) is 35.7 Å². The largest absolute Gasteiger partial charge is 0.497 e. The molecule has 128 valence electrons. The number of ether oxygens (including phenoxy) is 2. The number of amides is 1. The number of anilines is 1. The van der Waals surface area contributed by atoms with Gasteiger partial charge in [-0.1, -0.05) is 17.7 Å². The summed E-state index contributed by atoms with van der Waals surface area (Å²) in [6, 6.07) is 16.3. The van der Waals surface area contributed by atoms with Crippen molar-refractivity contribution in [3.63, 3.8) is 0 Å². The van der Waals surface area contributed by atoms with Crippen LogP contribution in [0.4, 0.5) is 5.69 Å². The van der Waals surface area contributed by atoms with Gasteiger partial charge in [-0.25, -0.2) is 0 Å². The molecule has 1 heterocycles. The van der Waals surface area contributed by atoms with Gasteiger partial charge in [-0.05, 0) is 53.9 Å². The molecule has 1 N–H and O–H groups in total. The van der Waals surface area contributed by atoms with Gasteiger partial charge in [0.05, 0.1) is 12.0 Å². The van der Waals surface area contributed by atoms with Gasteiger partial charge in [0.25, 0.3) is 5.91 Å². The average molecular weight is 374 g/mol. The van der Waals surface area contributed by atoms with Crippen LogP contribution in [0.1, 0.15) is 15.2 Å². The van der Waals surface area contributed by atoms with Crippen LogP contribution < -0.4 is 14.8 Å². The fourth-order valence-electron chi connectivity index (χ4n) is 2.17. The lowest BCUT2D eigenvalue weighted by Crippen LogP contribution is -2.10. The molecule has 0 saturated carbocycles. The van der Waals surface area contributed by atoms with Crippen molar-refractivity contribution in [3.05, 3.63) is 75.4 Å². The fourth-order valence-corrected chi connectivity index (χ4v) is 3.15. The molecule has 0 fully saturated rings. The van der Waals surface area contributed by atoms with Gasteiger partial charge < -0.3 is 14.8 Å². The number of hydrogen-bond acceptors (Lipinski definition) is 4. The minimum absolute atomic E-state index is 0.164. The molecular formula is C19H16ClNO3S. The van der Waals surface area contributed by atoms with Crippen molar-refractivity contribution < 1.29 is 14.3 Å². The van der Waals surface area contributed by atoms with E-state index < -0.39 is 0 Å². The third-order valence-corrected chi connectivity index (χ3v) is 4.64. The Kier molecular flexibility index (Phi) is 5.58. The molecule has 2 aromatic carbocycles. The summed E-state index contributed by atoms with van der Waals surface area (Å²) in [5.41, 5.74) is 1.61. The molecule has 0 saturated heterocycles. The highest BCUT2D eigenvalue weighted by molar-refractivity contribution is 7.12. The monoisotopic (exact) mass is 373 g/mol. The first kappa shape index (κ1) is 17.3. The molecule has 1 aromatic heterocycles. The zero-order chi connectivity index (χ0) is 17.6. The maximum Gasteiger partial charge on any atom is 0.265 e. The topological polar surface area (TPSA) is 47.6 Å². The van der Waals surface area contributed by atoms with E-state index in [-0.39, 0.29) is 5.91 Å². The number of carbonyl (C=O) groups excluding carboxylic acids is 1. The summed E-state index contributed by atoms with van der Waals surface area (Å²) in [6.07, 6.45) is 0. The van der Waals surface area contributed by atoms with Crippen molar-refractivity contribution in [2.45, 2.75) is 6.61 Å². The van der Waals surface area contributed by atoms with Crippen molar-refractivity contribution >= 4 is 34.5 Å². The molecule has 0 atom stereocenters. The second-order valence-corrected chi connectivity index (χ2v) is 6.60. The third-order valence-electron chi connectivity index (χ3n) is 3.42. The number of thiophene rings is 1. The summed E-state index contributed by atoms with van der Waals surface area (Å²) in [5.74, 6) is 1.36. The Balaban J connectivity index is 1.58. The van der Waals surface area contributed by atoms with Crippen LogP contribution in [-0.4, -0.2) is 13.0 Å². The first-order valence-electron chi connectivity index (χ1n) is 7.55. The molecule has 3 rings (SSSR count). The van der Waals surface area contributed by atoms with Crippen LogP contribution in [0.25, 0.3) is 0 Å². The van der Waals surface area contributed by atoms with Gasteiger partial charge in [0.15, 0.2) is 0 Å². The lowest BCUT2D eigenvalue weighted by Gasteiger charge is -2.06. The summed E-state index contributed by atoms with van der Waals surface area (Å²) in [4.78, 5) is 12.9. The summed E-state index contributed by atoms with van der Waals surface area (Å²) in [7, 11) is 1.62. The zero-order valence-electron chi connectivity index (χ0n) is 13.5. The number of halogens is 1. The highest BCUT2D eigenvalue weighted by Gasteiger charge is 2.10. The van der Waals surface area contributed by atoms with Crippen LogP contribution in [0.3, 0.4) is 0 Å². The smallest absolute Gasteiger partial charge is 0.265 e. The highest BCUT2D eigenvalue weighted by Crippen LogP contribution is 2.22. The maximum atomic E-state index is 12.3. The summed E-state index contributed by atoms with van der Waals surface area (Å²) < 4.78 is 10.8. The van der Waals surface area contributed by atoms with E-state index in [2.05, 4.69) is 5.32 Å². The van der Waals surface area contributed by atoms with Gasteiger partial charge in [0.1, 0.15) is 18.1 Å². The molecule has 3 aromatic rings. The van der Waals surface area contributed by atoms with Gasteiger partial charge in [-0.3, -0.25) is 4.79 Å². The first-order chi connectivity index (χ1) is 12.1. The lowest BCUT2D eigenvalue weighted by molar-refractivity contribution is 0.103. The maximum absolute atomic E-state index is 12.3. The standard InChI is InChI=1S/C19H16ClNO3S/c1-23-16-5-7-17(8-6-16)24-11-13-9-18(25-12-13)19(22)21-15-4-2-3-14(20)10-15/h2-10,12H,11H2,1H3,(H,21,22). The molecule has 0 unspecified atom stereocenters. The molecule has 0 spiro atoms. The average Bonchev–Trinajstić information content (AvgIpc) is 3.09. The Morgan fingerprint density at radius 3 is 2.60 bits per heavy atom. The number of carbonyl (C=O) groups is 1. The zero-order valence-corrected chi connectivity index (χ0v) is 15.1. The highest BCUT2D eigenvalue weighted by atomic mass is 35.5. The van der Waals surface area contributed by atoms with Gasteiger partial charge in [0, 0.05) is 16.3 Å². The second kappa shape index (κ2) is 8.05. The van der Waals surface area contributed by atoms with Crippen LogP contribution in [0.15, 0.2) is 60.0 Å². The van der Waals surface area contributed by atoms with E-state index >= 15 is 0 Å². The van der Waals surface area contributed by atoms with Crippen LogP contribution >= 0.6 is 22.9 Å². The lowest BCUT2D eigenvalue weighted by atomic mass is 10.3. The Labute approximate surface area is 155 Å². The Bertz CT molecular complexity index is 861. The predicted molar refractivity (Wildman–Crippen MR) is 101 cm³/mol. The van der Waals surface area contributed by atoms with Gasteiger partial charge in [-0.2, -0.15) is 0 Å². The molecule has 4 nitrogen and oxygen atoms in total. The summed E-state index contributed by atoms with van der Waals surface area (Å²) in [5, 5.41) is 5.33. The number of methoxy groups -OCH3 is 1. The van der Waals surface area contributed by atoms with Crippen LogP contribution in [0.2, 0.25) is 5.02 Å². The van der Waals surface area contributed by atoms with Crippen molar-refractivity contribution in [1.29, 1.82) is 0 Å². The fraction of sp³-hybridized carbons (Fsp3) is 0.105. The summed E-state index contributed by atoms with van der Waals surface area (Å²) >= 11 is 7.30. The predicted octanol–water partition coefficient (Wildman–Crippen LogP) is 5.24. The molecule has 1 amide bonds. The Hall–Kier alpha value is -2.50. The third kappa shape index (κ3) is 4.75.